The number of aryl methyl sites for hydroxylation is 1. The number of fused-ring (bicyclic) bond motifs is 1. The molecule has 1 aliphatic carbocycles. The van der Waals surface area contributed by atoms with Crippen molar-refractivity contribution in [3.05, 3.63) is 30.0 Å². The molecule has 3 atom stereocenters. The maximum atomic E-state index is 10.4. The highest BCUT2D eigenvalue weighted by Crippen LogP contribution is 2.34. The highest BCUT2D eigenvalue weighted by Gasteiger charge is 2.28. The molecule has 102 valence electrons. The predicted octanol–water partition coefficient (Wildman–Crippen LogP) is 2.91. The zero-order valence-corrected chi connectivity index (χ0v) is 11.7. The molecule has 0 spiro atoms. The Morgan fingerprint density at radius 2 is 2.16 bits per heavy atom. The summed E-state index contributed by atoms with van der Waals surface area (Å²) in [4.78, 5) is 0. The van der Waals surface area contributed by atoms with E-state index in [-0.39, 0.29) is 6.10 Å². The van der Waals surface area contributed by atoms with Crippen molar-refractivity contribution >= 4 is 10.9 Å². The first-order valence-corrected chi connectivity index (χ1v) is 7.24. The molecular weight excluding hydrogens is 236 g/mol. The molecule has 0 bridgehead atoms. The van der Waals surface area contributed by atoms with E-state index in [1.54, 1.807) is 0 Å². The minimum Gasteiger partial charge on any atom is -0.392 e. The van der Waals surface area contributed by atoms with Gasteiger partial charge in [-0.3, -0.25) is 4.68 Å². The van der Waals surface area contributed by atoms with E-state index in [9.17, 15) is 5.11 Å². The summed E-state index contributed by atoms with van der Waals surface area (Å²) in [5.74, 6) is 1.22. The molecule has 1 saturated carbocycles. The third kappa shape index (κ3) is 2.39. The molecule has 1 fully saturated rings. The van der Waals surface area contributed by atoms with Crippen molar-refractivity contribution in [2.45, 2.75) is 38.7 Å². The Hall–Kier alpha value is -1.35. The zero-order chi connectivity index (χ0) is 13.4. The first kappa shape index (κ1) is 12.7. The Balaban J connectivity index is 1.81. The summed E-state index contributed by atoms with van der Waals surface area (Å²) >= 11 is 0. The number of para-hydroxylation sites is 1. The normalized spacial score (nSPS) is 25.0. The summed E-state index contributed by atoms with van der Waals surface area (Å²) in [6.07, 6.45) is 4.01. The number of hydrogen-bond acceptors (Lipinski definition) is 2. The number of nitrogens with zero attached hydrogens (tertiary/aromatic N) is 2. The highest BCUT2D eigenvalue weighted by molar-refractivity contribution is 5.81. The van der Waals surface area contributed by atoms with Crippen LogP contribution in [-0.2, 0) is 13.5 Å². The van der Waals surface area contributed by atoms with E-state index in [4.69, 9.17) is 0 Å². The fraction of sp³-hybridized carbons (Fsp3) is 0.562. The van der Waals surface area contributed by atoms with Gasteiger partial charge in [-0.15, -0.1) is 0 Å². The maximum Gasteiger partial charge on any atom is 0.0729 e. The first-order valence-electron chi connectivity index (χ1n) is 7.24. The summed E-state index contributed by atoms with van der Waals surface area (Å²) in [6, 6.07) is 8.25. The fourth-order valence-corrected chi connectivity index (χ4v) is 3.40. The van der Waals surface area contributed by atoms with Crippen LogP contribution >= 0.6 is 0 Å². The Bertz CT molecular complexity index is 575. The van der Waals surface area contributed by atoms with Crippen molar-refractivity contribution in [2.75, 3.05) is 0 Å². The number of rotatable bonds is 3. The van der Waals surface area contributed by atoms with Gasteiger partial charge in [0.15, 0.2) is 0 Å². The van der Waals surface area contributed by atoms with Crippen molar-refractivity contribution in [1.82, 2.24) is 9.78 Å². The third-order valence-corrected chi connectivity index (χ3v) is 4.52. The van der Waals surface area contributed by atoms with Gasteiger partial charge in [0.05, 0.1) is 17.3 Å². The van der Waals surface area contributed by atoms with Crippen LogP contribution in [0.4, 0.5) is 0 Å². The molecule has 1 aromatic carbocycles. The van der Waals surface area contributed by atoms with Gasteiger partial charge in [0.1, 0.15) is 0 Å². The van der Waals surface area contributed by atoms with E-state index in [0.29, 0.717) is 12.3 Å². The van der Waals surface area contributed by atoms with Crippen LogP contribution in [0.3, 0.4) is 0 Å². The third-order valence-electron chi connectivity index (χ3n) is 4.52. The molecule has 3 rings (SSSR count). The summed E-state index contributed by atoms with van der Waals surface area (Å²) < 4.78 is 1.91. The van der Waals surface area contributed by atoms with Crippen LogP contribution < -0.4 is 0 Å². The van der Waals surface area contributed by atoms with Gasteiger partial charge in [-0.25, -0.2) is 0 Å². The minimum absolute atomic E-state index is 0.247. The average Bonchev–Trinajstić information content (AvgIpc) is 2.96. The molecule has 3 heteroatoms. The van der Waals surface area contributed by atoms with Crippen molar-refractivity contribution in [3.8, 4) is 0 Å². The number of aliphatic hydroxyl groups is 1. The molecular formula is C16H22N2O. The second-order valence-electron chi connectivity index (χ2n) is 6.04. The van der Waals surface area contributed by atoms with Gasteiger partial charge >= 0.3 is 0 Å². The quantitative estimate of drug-likeness (QED) is 0.919. The topological polar surface area (TPSA) is 38.1 Å². The van der Waals surface area contributed by atoms with Gasteiger partial charge in [-0.05, 0) is 30.7 Å². The first-order chi connectivity index (χ1) is 9.15. The average molecular weight is 258 g/mol. The highest BCUT2D eigenvalue weighted by atomic mass is 16.3. The van der Waals surface area contributed by atoms with E-state index in [1.165, 1.54) is 11.8 Å². The van der Waals surface area contributed by atoms with Crippen LogP contribution in [-0.4, -0.2) is 21.0 Å². The van der Waals surface area contributed by atoms with Crippen LogP contribution in [0.25, 0.3) is 10.9 Å². The van der Waals surface area contributed by atoms with E-state index < -0.39 is 0 Å². The molecule has 2 aromatic rings. The van der Waals surface area contributed by atoms with Crippen molar-refractivity contribution in [2.24, 2.45) is 18.9 Å². The lowest BCUT2D eigenvalue weighted by atomic mass is 9.95. The molecule has 1 aromatic heterocycles. The Morgan fingerprint density at radius 3 is 2.89 bits per heavy atom. The number of benzene rings is 1. The van der Waals surface area contributed by atoms with Gasteiger partial charge in [0, 0.05) is 18.9 Å². The molecule has 0 amide bonds. The SMILES string of the molecule is CC1CCC(C(O)Cc2nn(C)c3ccccc23)C1. The standard InChI is InChI=1S/C16H22N2O/c1-11-7-8-12(9-11)16(19)10-14-13-5-3-4-6-15(13)18(2)17-14/h3-6,11-12,16,19H,7-10H2,1-2H3. The second kappa shape index (κ2) is 4.97. The molecule has 3 nitrogen and oxygen atoms in total. The van der Waals surface area contributed by atoms with Gasteiger partial charge < -0.3 is 5.11 Å². The summed E-state index contributed by atoms with van der Waals surface area (Å²) in [7, 11) is 1.97. The smallest absolute Gasteiger partial charge is 0.0729 e. The predicted molar refractivity (Wildman–Crippen MR) is 76.9 cm³/mol. The lowest BCUT2D eigenvalue weighted by Gasteiger charge is -2.17. The Morgan fingerprint density at radius 1 is 1.37 bits per heavy atom. The number of aromatic nitrogens is 2. The van der Waals surface area contributed by atoms with Gasteiger partial charge in [0.2, 0.25) is 0 Å². The minimum atomic E-state index is -0.247. The van der Waals surface area contributed by atoms with Crippen LogP contribution in [0.2, 0.25) is 0 Å². The molecule has 19 heavy (non-hydrogen) atoms. The van der Waals surface area contributed by atoms with Crippen molar-refractivity contribution in [3.63, 3.8) is 0 Å². The summed E-state index contributed by atoms with van der Waals surface area (Å²) in [5.41, 5.74) is 2.18. The molecule has 0 radical (unpaired) electrons. The molecule has 1 N–H and O–H groups in total. The molecule has 3 unspecified atom stereocenters. The largest absolute Gasteiger partial charge is 0.392 e. The fourth-order valence-electron chi connectivity index (χ4n) is 3.40. The molecule has 0 saturated heterocycles. The number of hydrogen-bond donors (Lipinski definition) is 1. The Kier molecular flexibility index (Phi) is 3.31. The lowest BCUT2D eigenvalue weighted by molar-refractivity contribution is 0.108. The van der Waals surface area contributed by atoms with Gasteiger partial charge in [-0.1, -0.05) is 31.5 Å². The van der Waals surface area contributed by atoms with Gasteiger partial charge in [0.25, 0.3) is 0 Å². The Labute approximate surface area is 114 Å². The summed E-state index contributed by atoms with van der Waals surface area (Å²) in [5, 5.41) is 16.2. The zero-order valence-electron chi connectivity index (χ0n) is 11.7. The lowest BCUT2D eigenvalue weighted by Crippen LogP contribution is -2.21. The summed E-state index contributed by atoms with van der Waals surface area (Å²) in [6.45, 7) is 2.28. The van der Waals surface area contributed by atoms with Crippen LogP contribution in [0.5, 0.6) is 0 Å². The molecule has 1 aliphatic rings. The van der Waals surface area contributed by atoms with E-state index >= 15 is 0 Å². The molecule has 1 heterocycles. The van der Waals surface area contributed by atoms with E-state index in [0.717, 1.165) is 30.0 Å². The van der Waals surface area contributed by atoms with Crippen molar-refractivity contribution in [1.29, 1.82) is 0 Å². The van der Waals surface area contributed by atoms with E-state index in [2.05, 4.69) is 24.2 Å². The maximum absolute atomic E-state index is 10.4. The van der Waals surface area contributed by atoms with Gasteiger partial charge in [-0.2, -0.15) is 5.10 Å². The van der Waals surface area contributed by atoms with Crippen LogP contribution in [0.15, 0.2) is 24.3 Å². The van der Waals surface area contributed by atoms with Crippen LogP contribution in [0.1, 0.15) is 31.9 Å². The van der Waals surface area contributed by atoms with Crippen LogP contribution in [0, 0.1) is 11.8 Å². The van der Waals surface area contributed by atoms with Crippen molar-refractivity contribution < 1.29 is 5.11 Å². The van der Waals surface area contributed by atoms with E-state index in [1.807, 2.05) is 23.9 Å². The monoisotopic (exact) mass is 258 g/mol. The number of aliphatic hydroxyl groups excluding tert-OH is 1. The molecule has 0 aliphatic heterocycles. The second-order valence-corrected chi connectivity index (χ2v) is 6.04.